The van der Waals surface area contributed by atoms with Crippen LogP contribution >= 0.6 is 0 Å². The second kappa shape index (κ2) is 12.3. The molecule has 1 aliphatic heterocycles. The highest BCUT2D eigenvalue weighted by molar-refractivity contribution is 6.09. The minimum Gasteiger partial charge on any atom is -0.492 e. The van der Waals surface area contributed by atoms with E-state index < -0.39 is 0 Å². The first kappa shape index (κ1) is 24.6. The van der Waals surface area contributed by atoms with Crippen molar-refractivity contribution in [2.75, 3.05) is 26.4 Å². The fourth-order valence-corrected chi connectivity index (χ4v) is 4.10. The summed E-state index contributed by atoms with van der Waals surface area (Å²) in [6, 6.07) is 25.4. The first-order valence-electron chi connectivity index (χ1n) is 12.2. The van der Waals surface area contributed by atoms with Crippen LogP contribution in [0.15, 0.2) is 72.8 Å². The summed E-state index contributed by atoms with van der Waals surface area (Å²) in [4.78, 5) is 0. The highest BCUT2D eigenvalue weighted by Gasteiger charge is 2.23. The summed E-state index contributed by atoms with van der Waals surface area (Å²) in [7, 11) is 0. The standard InChI is InChI=1S/C26H24O3.2C2H6/c1-2-27-15-18-16-28-23-13-11-19-7-3-5-9-21(19)25(23)26-22-10-6-4-8-20(22)12-14-24(26)29-17-18;2*1-2/h3-14,18H,2,15-17H2,1H3;2*1-2H3. The Hall–Kier alpha value is -3.04. The number of rotatable bonds is 3. The van der Waals surface area contributed by atoms with Crippen molar-refractivity contribution < 1.29 is 14.2 Å². The van der Waals surface area contributed by atoms with Crippen molar-refractivity contribution in [1.29, 1.82) is 0 Å². The van der Waals surface area contributed by atoms with Crippen LogP contribution in [0.5, 0.6) is 11.5 Å². The van der Waals surface area contributed by atoms with Gasteiger partial charge in [-0.15, -0.1) is 0 Å². The fraction of sp³-hybridized carbons (Fsp3) is 0.333. The van der Waals surface area contributed by atoms with Crippen molar-refractivity contribution >= 4 is 21.5 Å². The normalized spacial score (nSPS) is 12.9. The lowest BCUT2D eigenvalue weighted by Gasteiger charge is -2.17. The van der Waals surface area contributed by atoms with Gasteiger partial charge in [-0.3, -0.25) is 0 Å². The lowest BCUT2D eigenvalue weighted by atomic mass is 9.92. The van der Waals surface area contributed by atoms with Crippen LogP contribution in [0.4, 0.5) is 0 Å². The molecular weight excluding hydrogens is 408 g/mol. The molecule has 0 N–H and O–H groups in total. The Bertz CT molecular complexity index is 1080. The van der Waals surface area contributed by atoms with Crippen LogP contribution in [0.25, 0.3) is 32.7 Å². The second-order valence-electron chi connectivity index (χ2n) is 7.47. The monoisotopic (exact) mass is 444 g/mol. The molecule has 1 aliphatic rings. The van der Waals surface area contributed by atoms with Crippen LogP contribution in [-0.2, 0) is 4.74 Å². The number of fused-ring (bicyclic) bond motifs is 7. The van der Waals surface area contributed by atoms with Crippen LogP contribution < -0.4 is 9.47 Å². The molecule has 174 valence electrons. The Morgan fingerprint density at radius 3 is 1.58 bits per heavy atom. The fourth-order valence-electron chi connectivity index (χ4n) is 4.10. The molecule has 0 bridgehead atoms. The molecule has 1 heterocycles. The van der Waals surface area contributed by atoms with Gasteiger partial charge in [-0.25, -0.2) is 0 Å². The van der Waals surface area contributed by atoms with E-state index in [1.54, 1.807) is 0 Å². The van der Waals surface area contributed by atoms with Gasteiger partial charge in [0.15, 0.2) is 0 Å². The van der Waals surface area contributed by atoms with E-state index in [9.17, 15) is 0 Å². The Morgan fingerprint density at radius 2 is 1.12 bits per heavy atom. The maximum atomic E-state index is 6.37. The van der Waals surface area contributed by atoms with Crippen LogP contribution in [-0.4, -0.2) is 26.4 Å². The first-order chi connectivity index (χ1) is 16.3. The molecule has 3 heteroatoms. The van der Waals surface area contributed by atoms with Gasteiger partial charge in [0.05, 0.1) is 25.7 Å². The molecule has 0 aliphatic carbocycles. The van der Waals surface area contributed by atoms with E-state index in [-0.39, 0.29) is 5.92 Å². The van der Waals surface area contributed by atoms with E-state index in [0.717, 1.165) is 22.6 Å². The second-order valence-corrected chi connectivity index (χ2v) is 7.47. The van der Waals surface area contributed by atoms with Gasteiger partial charge in [-0.1, -0.05) is 88.4 Å². The van der Waals surface area contributed by atoms with Gasteiger partial charge in [-0.2, -0.15) is 0 Å². The summed E-state index contributed by atoms with van der Waals surface area (Å²) in [5, 5.41) is 4.74. The van der Waals surface area contributed by atoms with Gasteiger partial charge < -0.3 is 14.2 Å². The molecule has 4 aromatic rings. The van der Waals surface area contributed by atoms with Gasteiger partial charge in [-0.05, 0) is 40.6 Å². The minimum absolute atomic E-state index is 0.173. The molecule has 0 spiro atoms. The predicted octanol–water partition coefficient (Wildman–Crippen LogP) is 8.14. The van der Waals surface area contributed by atoms with Crippen LogP contribution in [0, 0.1) is 5.92 Å². The van der Waals surface area contributed by atoms with Gasteiger partial charge in [0.1, 0.15) is 11.5 Å². The smallest absolute Gasteiger partial charge is 0.127 e. The van der Waals surface area contributed by atoms with Crippen molar-refractivity contribution in [3.8, 4) is 22.6 Å². The van der Waals surface area contributed by atoms with E-state index in [4.69, 9.17) is 14.2 Å². The van der Waals surface area contributed by atoms with Gasteiger partial charge in [0.2, 0.25) is 0 Å². The molecule has 5 rings (SSSR count). The predicted molar refractivity (Wildman–Crippen MR) is 141 cm³/mol. The maximum Gasteiger partial charge on any atom is 0.127 e. The Balaban J connectivity index is 0.000000728. The van der Waals surface area contributed by atoms with Crippen molar-refractivity contribution in [3.05, 3.63) is 72.8 Å². The summed E-state index contributed by atoms with van der Waals surface area (Å²) < 4.78 is 18.4. The number of hydrogen-bond donors (Lipinski definition) is 0. The van der Waals surface area contributed by atoms with E-state index in [2.05, 4.69) is 72.8 Å². The molecule has 0 saturated carbocycles. The van der Waals surface area contributed by atoms with E-state index >= 15 is 0 Å². The van der Waals surface area contributed by atoms with Crippen molar-refractivity contribution in [3.63, 3.8) is 0 Å². The molecule has 0 radical (unpaired) electrons. The minimum atomic E-state index is 0.173. The van der Waals surface area contributed by atoms with Crippen LogP contribution in [0.1, 0.15) is 34.6 Å². The van der Waals surface area contributed by atoms with Gasteiger partial charge >= 0.3 is 0 Å². The molecule has 4 aromatic carbocycles. The number of hydrogen-bond acceptors (Lipinski definition) is 3. The quantitative estimate of drug-likeness (QED) is 0.319. The third-order valence-corrected chi connectivity index (χ3v) is 5.54. The molecular formula is C30H36O3. The molecule has 0 aromatic heterocycles. The average Bonchev–Trinajstić information content (AvgIpc) is 2.97. The molecule has 0 fully saturated rings. The average molecular weight is 445 g/mol. The summed E-state index contributed by atoms with van der Waals surface area (Å²) >= 11 is 0. The lowest BCUT2D eigenvalue weighted by molar-refractivity contribution is 0.0634. The molecule has 0 saturated heterocycles. The molecule has 0 unspecified atom stereocenters. The molecule has 33 heavy (non-hydrogen) atoms. The Labute approximate surface area is 198 Å². The largest absolute Gasteiger partial charge is 0.492 e. The van der Waals surface area contributed by atoms with Crippen molar-refractivity contribution in [2.45, 2.75) is 34.6 Å². The zero-order valence-corrected chi connectivity index (χ0v) is 20.6. The highest BCUT2D eigenvalue weighted by Crippen LogP contribution is 2.46. The van der Waals surface area contributed by atoms with Crippen LogP contribution in [0.3, 0.4) is 0 Å². The third-order valence-electron chi connectivity index (χ3n) is 5.54. The van der Waals surface area contributed by atoms with Gasteiger partial charge in [0.25, 0.3) is 0 Å². The van der Waals surface area contributed by atoms with E-state index in [0.29, 0.717) is 26.4 Å². The summed E-state index contributed by atoms with van der Waals surface area (Å²) in [6.07, 6.45) is 0. The van der Waals surface area contributed by atoms with Crippen molar-refractivity contribution in [1.82, 2.24) is 0 Å². The summed E-state index contributed by atoms with van der Waals surface area (Å²) in [5.41, 5.74) is 2.21. The molecule has 0 atom stereocenters. The number of benzene rings is 4. The van der Waals surface area contributed by atoms with Crippen LogP contribution in [0.2, 0.25) is 0 Å². The lowest BCUT2D eigenvalue weighted by Crippen LogP contribution is -2.24. The zero-order chi connectivity index (χ0) is 23.6. The van der Waals surface area contributed by atoms with Gasteiger partial charge in [0, 0.05) is 17.7 Å². The Morgan fingerprint density at radius 1 is 0.667 bits per heavy atom. The SMILES string of the molecule is CC.CC.CCOCC1COc2ccc3ccccc3c2-c2c(ccc3ccccc23)OC1. The topological polar surface area (TPSA) is 27.7 Å². The van der Waals surface area contributed by atoms with E-state index in [1.165, 1.54) is 21.5 Å². The maximum absolute atomic E-state index is 6.37. The third kappa shape index (κ3) is 5.31. The highest BCUT2D eigenvalue weighted by atomic mass is 16.5. The summed E-state index contributed by atoms with van der Waals surface area (Å²) in [6.45, 7) is 12.5. The molecule has 3 nitrogen and oxygen atoms in total. The van der Waals surface area contributed by atoms with E-state index in [1.807, 2.05) is 34.6 Å². The zero-order valence-electron chi connectivity index (χ0n) is 20.6. The Kier molecular flexibility index (Phi) is 9.14. The summed E-state index contributed by atoms with van der Waals surface area (Å²) in [5.74, 6) is 1.97. The van der Waals surface area contributed by atoms with Crippen molar-refractivity contribution in [2.24, 2.45) is 5.92 Å². The first-order valence-corrected chi connectivity index (χ1v) is 12.2. The number of ether oxygens (including phenoxy) is 3. The molecule has 0 amide bonds.